The molecule has 0 spiro atoms. The second-order valence-corrected chi connectivity index (χ2v) is 4.80. The van der Waals surface area contributed by atoms with E-state index in [2.05, 4.69) is 0 Å². The molecular weight excluding hydrogens is 180 g/mol. The van der Waals surface area contributed by atoms with E-state index in [0.29, 0.717) is 12.5 Å². The normalized spacial score (nSPS) is 26.0. The summed E-state index contributed by atoms with van der Waals surface area (Å²) in [5, 5.41) is 0. The van der Waals surface area contributed by atoms with Gasteiger partial charge in [0.25, 0.3) is 0 Å². The second kappa shape index (κ2) is 4.30. The maximum atomic E-state index is 11.5. The number of rotatable bonds is 4. The van der Waals surface area contributed by atoms with Crippen LogP contribution in [0.15, 0.2) is 0 Å². The molecule has 1 rings (SSSR count). The van der Waals surface area contributed by atoms with Gasteiger partial charge < -0.3 is 9.47 Å². The Morgan fingerprint density at radius 3 is 2.57 bits per heavy atom. The van der Waals surface area contributed by atoms with E-state index in [4.69, 9.17) is 9.47 Å². The van der Waals surface area contributed by atoms with Gasteiger partial charge in [-0.3, -0.25) is 4.79 Å². The number of carbonyl (C=O) groups is 1. The van der Waals surface area contributed by atoms with Gasteiger partial charge in [0, 0.05) is 6.61 Å². The molecule has 0 radical (unpaired) electrons. The van der Waals surface area contributed by atoms with Gasteiger partial charge in [-0.2, -0.15) is 0 Å². The molecule has 3 heteroatoms. The zero-order chi connectivity index (χ0) is 10.8. The molecule has 1 aliphatic rings. The molecule has 1 saturated carbocycles. The predicted octanol–water partition coefficient (Wildman–Crippen LogP) is 2.00. The number of esters is 1. The highest BCUT2D eigenvalue weighted by molar-refractivity contribution is 5.76. The van der Waals surface area contributed by atoms with Gasteiger partial charge in [-0.1, -0.05) is 0 Å². The fourth-order valence-electron chi connectivity index (χ4n) is 1.37. The Bertz CT molecular complexity index is 205. The lowest BCUT2D eigenvalue weighted by Gasteiger charge is -2.19. The Kier molecular flexibility index (Phi) is 3.53. The van der Waals surface area contributed by atoms with E-state index < -0.39 is 0 Å². The zero-order valence-corrected chi connectivity index (χ0v) is 9.50. The molecule has 0 heterocycles. The third kappa shape index (κ3) is 3.66. The monoisotopic (exact) mass is 200 g/mol. The first-order chi connectivity index (χ1) is 6.44. The zero-order valence-electron chi connectivity index (χ0n) is 9.50. The molecule has 0 aliphatic heterocycles. The molecule has 0 aromatic heterocycles. The average molecular weight is 200 g/mol. The van der Waals surface area contributed by atoms with Crippen molar-refractivity contribution in [2.75, 3.05) is 13.2 Å². The van der Waals surface area contributed by atoms with E-state index in [-0.39, 0.29) is 17.5 Å². The van der Waals surface area contributed by atoms with E-state index in [1.54, 1.807) is 0 Å². The summed E-state index contributed by atoms with van der Waals surface area (Å²) in [6, 6.07) is 0. The molecule has 82 valence electrons. The molecule has 3 nitrogen and oxygen atoms in total. The van der Waals surface area contributed by atoms with E-state index in [1.165, 1.54) is 0 Å². The van der Waals surface area contributed by atoms with Crippen molar-refractivity contribution in [3.05, 3.63) is 0 Å². The van der Waals surface area contributed by atoms with Gasteiger partial charge in [0.15, 0.2) is 0 Å². The SMILES string of the molecule is CCOC[C@H]1C[C@@H]1C(=O)OC(C)(C)C. The minimum atomic E-state index is -0.365. The van der Waals surface area contributed by atoms with E-state index in [9.17, 15) is 4.79 Å². The highest BCUT2D eigenvalue weighted by Crippen LogP contribution is 2.40. The molecular formula is C11H20O3. The summed E-state index contributed by atoms with van der Waals surface area (Å²) >= 11 is 0. The molecule has 2 atom stereocenters. The Labute approximate surface area is 85.8 Å². The molecule has 1 fully saturated rings. The van der Waals surface area contributed by atoms with Crippen LogP contribution in [0, 0.1) is 11.8 Å². The lowest BCUT2D eigenvalue weighted by Crippen LogP contribution is -2.25. The van der Waals surface area contributed by atoms with Crippen LogP contribution < -0.4 is 0 Å². The van der Waals surface area contributed by atoms with Gasteiger partial charge >= 0.3 is 5.97 Å². The highest BCUT2D eigenvalue weighted by Gasteiger charge is 2.45. The summed E-state index contributed by atoms with van der Waals surface area (Å²) in [5.74, 6) is 0.410. The molecule has 0 N–H and O–H groups in total. The van der Waals surface area contributed by atoms with Gasteiger partial charge in [0.2, 0.25) is 0 Å². The molecule has 0 saturated heterocycles. The molecule has 14 heavy (non-hydrogen) atoms. The smallest absolute Gasteiger partial charge is 0.309 e. The van der Waals surface area contributed by atoms with Crippen molar-refractivity contribution in [2.24, 2.45) is 11.8 Å². The van der Waals surface area contributed by atoms with Gasteiger partial charge in [-0.05, 0) is 40.0 Å². The standard InChI is InChI=1S/C11H20O3/c1-5-13-7-8-6-9(8)10(12)14-11(2,3)4/h8-9H,5-7H2,1-4H3/t8-,9+/m1/s1. The lowest BCUT2D eigenvalue weighted by atomic mass is 10.2. The lowest BCUT2D eigenvalue weighted by molar-refractivity contribution is -0.157. The van der Waals surface area contributed by atoms with Gasteiger partial charge in [-0.15, -0.1) is 0 Å². The van der Waals surface area contributed by atoms with Crippen LogP contribution in [-0.2, 0) is 14.3 Å². The summed E-state index contributed by atoms with van der Waals surface area (Å²) in [6.45, 7) is 9.06. The summed E-state index contributed by atoms with van der Waals surface area (Å²) < 4.78 is 10.5. The van der Waals surface area contributed by atoms with Crippen molar-refractivity contribution in [1.82, 2.24) is 0 Å². The number of hydrogen-bond donors (Lipinski definition) is 0. The third-order valence-corrected chi connectivity index (χ3v) is 2.17. The maximum Gasteiger partial charge on any atom is 0.309 e. The van der Waals surface area contributed by atoms with Crippen LogP contribution in [0.25, 0.3) is 0 Å². The maximum absolute atomic E-state index is 11.5. The van der Waals surface area contributed by atoms with Crippen molar-refractivity contribution < 1.29 is 14.3 Å². The van der Waals surface area contributed by atoms with Crippen molar-refractivity contribution in [3.63, 3.8) is 0 Å². The highest BCUT2D eigenvalue weighted by atomic mass is 16.6. The van der Waals surface area contributed by atoms with Crippen LogP contribution in [-0.4, -0.2) is 24.8 Å². The predicted molar refractivity (Wildman–Crippen MR) is 53.9 cm³/mol. The number of carbonyl (C=O) groups excluding carboxylic acids is 1. The van der Waals surface area contributed by atoms with Crippen LogP contribution >= 0.6 is 0 Å². The van der Waals surface area contributed by atoms with Crippen LogP contribution in [0.3, 0.4) is 0 Å². The van der Waals surface area contributed by atoms with E-state index >= 15 is 0 Å². The van der Waals surface area contributed by atoms with Crippen LogP contribution in [0.2, 0.25) is 0 Å². The second-order valence-electron chi connectivity index (χ2n) is 4.80. The van der Waals surface area contributed by atoms with Crippen molar-refractivity contribution >= 4 is 5.97 Å². The summed E-state index contributed by atoms with van der Waals surface area (Å²) in [7, 11) is 0. The minimum Gasteiger partial charge on any atom is -0.460 e. The average Bonchev–Trinajstić information content (AvgIpc) is 2.76. The van der Waals surface area contributed by atoms with Crippen LogP contribution in [0.5, 0.6) is 0 Å². The summed E-state index contributed by atoms with van der Waals surface area (Å²) in [6.07, 6.45) is 0.926. The van der Waals surface area contributed by atoms with Crippen molar-refractivity contribution in [3.8, 4) is 0 Å². The Morgan fingerprint density at radius 1 is 1.43 bits per heavy atom. The fraction of sp³-hybridized carbons (Fsp3) is 0.909. The molecule has 0 aromatic rings. The Hall–Kier alpha value is -0.570. The molecule has 0 unspecified atom stereocenters. The topological polar surface area (TPSA) is 35.5 Å². The Morgan fingerprint density at radius 2 is 2.07 bits per heavy atom. The largest absolute Gasteiger partial charge is 0.460 e. The molecule has 1 aliphatic carbocycles. The van der Waals surface area contributed by atoms with Gasteiger partial charge in [0.05, 0.1) is 12.5 Å². The molecule has 0 amide bonds. The van der Waals surface area contributed by atoms with Crippen LogP contribution in [0.4, 0.5) is 0 Å². The fourth-order valence-corrected chi connectivity index (χ4v) is 1.37. The number of ether oxygens (including phenoxy) is 2. The van der Waals surface area contributed by atoms with Crippen LogP contribution in [0.1, 0.15) is 34.1 Å². The first-order valence-electron chi connectivity index (χ1n) is 5.24. The Balaban J connectivity index is 2.22. The quantitative estimate of drug-likeness (QED) is 0.651. The van der Waals surface area contributed by atoms with Crippen molar-refractivity contribution in [2.45, 2.75) is 39.7 Å². The third-order valence-electron chi connectivity index (χ3n) is 2.17. The first kappa shape index (κ1) is 11.5. The van der Waals surface area contributed by atoms with Crippen molar-refractivity contribution in [1.29, 1.82) is 0 Å². The first-order valence-corrected chi connectivity index (χ1v) is 5.24. The number of hydrogen-bond acceptors (Lipinski definition) is 3. The van der Waals surface area contributed by atoms with Gasteiger partial charge in [0.1, 0.15) is 5.60 Å². The molecule has 0 aromatic carbocycles. The summed E-state index contributed by atoms with van der Waals surface area (Å²) in [4.78, 5) is 11.5. The van der Waals surface area contributed by atoms with E-state index in [0.717, 1.165) is 13.0 Å². The minimum absolute atomic E-state index is 0.0674. The molecule has 0 bridgehead atoms. The van der Waals surface area contributed by atoms with E-state index in [1.807, 2.05) is 27.7 Å². The van der Waals surface area contributed by atoms with Gasteiger partial charge in [-0.25, -0.2) is 0 Å². The summed E-state index contributed by atoms with van der Waals surface area (Å²) in [5.41, 5.74) is -0.365.